The van der Waals surface area contributed by atoms with Crippen LogP contribution in [-0.4, -0.2) is 0 Å². The number of benzene rings is 1. The Morgan fingerprint density at radius 3 is 1.95 bits per heavy atom. The molecule has 1 aromatic rings. The Hall–Kier alpha value is -0.703. The van der Waals surface area contributed by atoms with E-state index in [2.05, 4.69) is 64.1 Å². The van der Waals surface area contributed by atoms with Crippen LogP contribution in [0.2, 0.25) is 0 Å². The maximum Gasteiger partial charge on any atom is 1.00 e. The third kappa shape index (κ3) is 5.06. The average molecular weight is 248 g/mol. The standard InChI is InChI=1S/C18H25.Li/c1-5-12-15(6-2)17(7-3)18(8-4)16-13-10-9-11-14-16;/h9-11,13-14H,5-8H2,1-4H3;/q-1;+1/b18-17-;. The van der Waals surface area contributed by atoms with Crippen LogP contribution in [0.15, 0.2) is 41.5 Å². The summed E-state index contributed by atoms with van der Waals surface area (Å²) in [7, 11) is 0. The van der Waals surface area contributed by atoms with E-state index in [4.69, 9.17) is 0 Å². The average Bonchev–Trinajstić information content (AvgIpc) is 2.43. The van der Waals surface area contributed by atoms with Crippen LogP contribution in [0.1, 0.15) is 58.9 Å². The van der Waals surface area contributed by atoms with Gasteiger partial charge in [-0.05, 0) is 12.0 Å². The maximum atomic E-state index is 3.53. The van der Waals surface area contributed by atoms with Crippen molar-refractivity contribution in [2.24, 2.45) is 0 Å². The first kappa shape index (κ1) is 18.3. The van der Waals surface area contributed by atoms with Gasteiger partial charge in [-0.3, -0.25) is 6.08 Å². The molecule has 0 saturated heterocycles. The van der Waals surface area contributed by atoms with Crippen molar-refractivity contribution in [1.82, 2.24) is 0 Å². The molecule has 0 nitrogen and oxygen atoms in total. The fraction of sp³-hybridized carbons (Fsp3) is 0.444. The summed E-state index contributed by atoms with van der Waals surface area (Å²) in [6, 6.07) is 10.8. The van der Waals surface area contributed by atoms with E-state index in [9.17, 15) is 0 Å². The van der Waals surface area contributed by atoms with Gasteiger partial charge in [0.25, 0.3) is 0 Å². The second-order valence-corrected chi connectivity index (χ2v) is 4.39. The second-order valence-electron chi connectivity index (χ2n) is 4.39. The Morgan fingerprint density at radius 2 is 1.53 bits per heavy atom. The number of allylic oxidation sites excluding steroid dienone is 4. The Labute approximate surface area is 131 Å². The quantitative estimate of drug-likeness (QED) is 0.412. The Morgan fingerprint density at radius 1 is 0.895 bits per heavy atom. The van der Waals surface area contributed by atoms with E-state index in [1.54, 1.807) is 0 Å². The van der Waals surface area contributed by atoms with Gasteiger partial charge in [-0.2, -0.15) is 5.57 Å². The van der Waals surface area contributed by atoms with Gasteiger partial charge in [0.15, 0.2) is 0 Å². The molecular formula is C18H25Li. The van der Waals surface area contributed by atoms with Gasteiger partial charge in [0.05, 0.1) is 0 Å². The van der Waals surface area contributed by atoms with Crippen LogP contribution in [0.3, 0.4) is 0 Å². The molecule has 1 rings (SSSR count). The molecular weight excluding hydrogens is 223 g/mol. The van der Waals surface area contributed by atoms with E-state index < -0.39 is 0 Å². The topological polar surface area (TPSA) is 0 Å². The molecule has 19 heavy (non-hydrogen) atoms. The van der Waals surface area contributed by atoms with Crippen molar-refractivity contribution in [2.45, 2.75) is 53.4 Å². The van der Waals surface area contributed by atoms with Gasteiger partial charge in [0.2, 0.25) is 0 Å². The summed E-state index contributed by atoms with van der Waals surface area (Å²) in [5.74, 6) is 0. The molecule has 0 N–H and O–H groups in total. The van der Waals surface area contributed by atoms with Crippen molar-refractivity contribution < 1.29 is 18.9 Å². The molecule has 0 unspecified atom stereocenters. The van der Waals surface area contributed by atoms with Gasteiger partial charge >= 0.3 is 18.9 Å². The Bertz CT molecular complexity index is 413. The van der Waals surface area contributed by atoms with Crippen molar-refractivity contribution in [3.63, 3.8) is 0 Å². The monoisotopic (exact) mass is 248 g/mol. The minimum atomic E-state index is 0. The minimum absolute atomic E-state index is 0. The molecule has 0 amide bonds. The van der Waals surface area contributed by atoms with Crippen LogP contribution in [0, 0.1) is 6.08 Å². The summed E-state index contributed by atoms with van der Waals surface area (Å²) in [6.45, 7) is 8.89. The smallest absolute Gasteiger partial charge is 0.272 e. The fourth-order valence-electron chi connectivity index (χ4n) is 2.50. The first-order valence-corrected chi connectivity index (χ1v) is 7.15. The van der Waals surface area contributed by atoms with Gasteiger partial charge in [-0.25, -0.2) is 5.57 Å². The fourth-order valence-corrected chi connectivity index (χ4v) is 2.50. The van der Waals surface area contributed by atoms with Crippen LogP contribution in [0.25, 0.3) is 5.57 Å². The molecule has 98 valence electrons. The van der Waals surface area contributed by atoms with Crippen LogP contribution in [0.4, 0.5) is 0 Å². The molecule has 0 saturated carbocycles. The molecule has 1 aromatic carbocycles. The van der Waals surface area contributed by atoms with E-state index in [0.29, 0.717) is 0 Å². The van der Waals surface area contributed by atoms with Gasteiger partial charge in [0.1, 0.15) is 0 Å². The van der Waals surface area contributed by atoms with Crippen molar-refractivity contribution in [2.75, 3.05) is 0 Å². The van der Waals surface area contributed by atoms with Crippen molar-refractivity contribution in [3.05, 3.63) is 53.1 Å². The van der Waals surface area contributed by atoms with Gasteiger partial charge in [-0.15, -0.1) is 12.0 Å². The molecule has 0 heterocycles. The molecule has 1 heteroatoms. The van der Waals surface area contributed by atoms with E-state index in [1.807, 2.05) is 0 Å². The molecule has 0 aliphatic heterocycles. The summed E-state index contributed by atoms with van der Waals surface area (Å²) >= 11 is 0. The first-order valence-electron chi connectivity index (χ1n) is 7.15. The first-order chi connectivity index (χ1) is 8.78. The van der Waals surface area contributed by atoms with Gasteiger partial charge < -0.3 is 0 Å². The second kappa shape index (κ2) is 10.1. The molecule has 0 aromatic heterocycles. The van der Waals surface area contributed by atoms with Crippen molar-refractivity contribution in [1.29, 1.82) is 0 Å². The molecule has 0 fully saturated rings. The Balaban J connectivity index is 0.00000324. The van der Waals surface area contributed by atoms with Gasteiger partial charge in [-0.1, -0.05) is 70.9 Å². The molecule has 0 aliphatic rings. The zero-order chi connectivity index (χ0) is 13.4. The maximum absolute atomic E-state index is 3.53. The van der Waals surface area contributed by atoms with Crippen LogP contribution >= 0.6 is 0 Å². The van der Waals surface area contributed by atoms with Crippen LogP contribution in [0.5, 0.6) is 0 Å². The van der Waals surface area contributed by atoms with Gasteiger partial charge in [0, 0.05) is 0 Å². The third-order valence-electron chi connectivity index (χ3n) is 3.30. The largest absolute Gasteiger partial charge is 1.00 e. The molecule has 0 spiro atoms. The minimum Gasteiger partial charge on any atom is -0.272 e. The number of hydrogen-bond donors (Lipinski definition) is 0. The number of rotatable bonds is 6. The van der Waals surface area contributed by atoms with E-state index in [-0.39, 0.29) is 18.9 Å². The van der Waals surface area contributed by atoms with Crippen molar-refractivity contribution in [3.8, 4) is 0 Å². The summed E-state index contributed by atoms with van der Waals surface area (Å²) < 4.78 is 0. The van der Waals surface area contributed by atoms with E-state index in [1.165, 1.54) is 22.3 Å². The van der Waals surface area contributed by atoms with Crippen LogP contribution < -0.4 is 18.9 Å². The van der Waals surface area contributed by atoms with Crippen molar-refractivity contribution >= 4 is 5.57 Å². The zero-order valence-electron chi connectivity index (χ0n) is 13.2. The predicted molar refractivity (Wildman–Crippen MR) is 81.3 cm³/mol. The summed E-state index contributed by atoms with van der Waals surface area (Å²) in [5.41, 5.74) is 5.74. The van der Waals surface area contributed by atoms with E-state index in [0.717, 1.165) is 25.7 Å². The molecule has 0 atom stereocenters. The summed E-state index contributed by atoms with van der Waals surface area (Å²) in [5, 5.41) is 0. The number of hydrogen-bond acceptors (Lipinski definition) is 0. The Kier molecular flexibility index (Phi) is 9.75. The molecule has 0 bridgehead atoms. The summed E-state index contributed by atoms with van der Waals surface area (Å²) in [6.07, 6.45) is 7.78. The molecule has 0 radical (unpaired) electrons. The normalized spacial score (nSPS) is 12.7. The van der Waals surface area contributed by atoms with Crippen LogP contribution in [-0.2, 0) is 0 Å². The summed E-state index contributed by atoms with van der Waals surface area (Å²) in [4.78, 5) is 0. The van der Waals surface area contributed by atoms with E-state index >= 15 is 0 Å². The third-order valence-corrected chi connectivity index (χ3v) is 3.30. The SMILES string of the molecule is CC[C-]=C(CC)/C(CC)=C(/CC)c1ccccc1.[Li+]. The predicted octanol–water partition coefficient (Wildman–Crippen LogP) is 2.81. The zero-order valence-corrected chi connectivity index (χ0v) is 13.2. The molecule has 0 aliphatic carbocycles.